The van der Waals surface area contributed by atoms with E-state index in [9.17, 15) is 14.4 Å². The van der Waals surface area contributed by atoms with E-state index in [-0.39, 0.29) is 12.8 Å². The van der Waals surface area contributed by atoms with E-state index in [0.717, 1.165) is 5.56 Å². The Morgan fingerprint density at radius 1 is 1.11 bits per heavy atom. The quantitative estimate of drug-likeness (QED) is 0.781. The summed E-state index contributed by atoms with van der Waals surface area (Å²) in [6.45, 7) is 4.10. The summed E-state index contributed by atoms with van der Waals surface area (Å²) in [4.78, 5) is 39.3. The molecular weight excluding hydrogens is 246 g/mol. The van der Waals surface area contributed by atoms with Crippen LogP contribution in [0.25, 0.3) is 0 Å². The lowest BCUT2D eigenvalue weighted by atomic mass is 10.0. The molecule has 1 aromatic carbocycles. The predicted octanol–water partition coefficient (Wildman–Crippen LogP) is 2.03. The topological polar surface area (TPSA) is 63.7 Å². The molecule has 1 aromatic rings. The smallest absolute Gasteiger partial charge is 0.325 e. The Morgan fingerprint density at radius 2 is 1.63 bits per heavy atom. The summed E-state index contributed by atoms with van der Waals surface area (Å²) in [5, 5.41) is 0.554. The molecule has 0 atom stereocenters. The van der Waals surface area contributed by atoms with E-state index >= 15 is 0 Å². The van der Waals surface area contributed by atoms with Gasteiger partial charge in [0.15, 0.2) is 0 Å². The first-order valence-electron chi connectivity index (χ1n) is 6.17. The summed E-state index contributed by atoms with van der Waals surface area (Å²) < 4.78 is 0. The van der Waals surface area contributed by atoms with Gasteiger partial charge in [0.25, 0.3) is 11.8 Å². The maximum Gasteiger partial charge on any atom is 0.363 e. The molecule has 2 rings (SSSR count). The SMILES string of the molecule is CC(C)c1ccc(C(=O)ON2C(=O)CCC2=O)cc1. The second-order valence-corrected chi connectivity index (χ2v) is 4.74. The van der Waals surface area contributed by atoms with Gasteiger partial charge in [0.1, 0.15) is 0 Å². The average Bonchev–Trinajstić information content (AvgIpc) is 2.70. The van der Waals surface area contributed by atoms with Crippen molar-refractivity contribution in [1.29, 1.82) is 0 Å². The van der Waals surface area contributed by atoms with Crippen molar-refractivity contribution in [3.8, 4) is 0 Å². The van der Waals surface area contributed by atoms with Gasteiger partial charge in [-0.1, -0.05) is 26.0 Å². The number of carbonyl (C=O) groups is 3. The molecule has 0 bridgehead atoms. The summed E-state index contributed by atoms with van der Waals surface area (Å²) in [6, 6.07) is 6.91. The highest BCUT2D eigenvalue weighted by molar-refractivity contribution is 6.02. The molecule has 0 radical (unpaired) electrons. The van der Waals surface area contributed by atoms with E-state index < -0.39 is 17.8 Å². The minimum absolute atomic E-state index is 0.0956. The number of benzene rings is 1. The van der Waals surface area contributed by atoms with Crippen molar-refractivity contribution in [2.24, 2.45) is 0 Å². The van der Waals surface area contributed by atoms with Crippen molar-refractivity contribution in [3.05, 3.63) is 35.4 Å². The fourth-order valence-corrected chi connectivity index (χ4v) is 1.80. The van der Waals surface area contributed by atoms with Crippen molar-refractivity contribution in [1.82, 2.24) is 5.06 Å². The summed E-state index contributed by atoms with van der Waals surface area (Å²) in [5.41, 5.74) is 1.42. The third-order valence-corrected chi connectivity index (χ3v) is 2.99. The van der Waals surface area contributed by atoms with Crippen LogP contribution < -0.4 is 0 Å². The van der Waals surface area contributed by atoms with Crippen molar-refractivity contribution in [3.63, 3.8) is 0 Å². The summed E-state index contributed by atoms with van der Waals surface area (Å²) >= 11 is 0. The number of hydrogen-bond acceptors (Lipinski definition) is 4. The minimum Gasteiger partial charge on any atom is -0.325 e. The molecule has 0 aromatic heterocycles. The maximum absolute atomic E-state index is 11.8. The van der Waals surface area contributed by atoms with Crippen LogP contribution in [0.1, 0.15) is 48.5 Å². The largest absolute Gasteiger partial charge is 0.363 e. The van der Waals surface area contributed by atoms with Crippen LogP contribution in [0.5, 0.6) is 0 Å². The molecule has 2 amide bonds. The summed E-state index contributed by atoms with van der Waals surface area (Å²) in [5.74, 6) is -1.28. The molecule has 5 heteroatoms. The van der Waals surface area contributed by atoms with E-state index in [4.69, 9.17) is 4.84 Å². The van der Waals surface area contributed by atoms with Gasteiger partial charge < -0.3 is 4.84 Å². The molecule has 0 saturated carbocycles. The molecule has 5 nitrogen and oxygen atoms in total. The summed E-state index contributed by atoms with van der Waals surface area (Å²) in [7, 11) is 0. The molecule has 1 heterocycles. The molecule has 1 aliphatic rings. The zero-order valence-electron chi connectivity index (χ0n) is 10.9. The van der Waals surface area contributed by atoms with Crippen LogP contribution >= 0.6 is 0 Å². The first kappa shape index (κ1) is 13.3. The Kier molecular flexibility index (Phi) is 3.64. The lowest BCUT2D eigenvalue weighted by Gasteiger charge is -2.13. The van der Waals surface area contributed by atoms with Gasteiger partial charge in [-0.25, -0.2) is 4.79 Å². The molecule has 0 aliphatic carbocycles. The number of rotatable bonds is 3. The standard InChI is InChI=1S/C14H15NO4/c1-9(2)10-3-5-11(6-4-10)14(18)19-15-12(16)7-8-13(15)17/h3-6,9H,7-8H2,1-2H3. The van der Waals surface area contributed by atoms with Gasteiger partial charge in [-0.05, 0) is 23.6 Å². The fraction of sp³-hybridized carbons (Fsp3) is 0.357. The first-order chi connectivity index (χ1) is 8.99. The van der Waals surface area contributed by atoms with Gasteiger partial charge in [0.05, 0.1) is 5.56 Å². The highest BCUT2D eigenvalue weighted by atomic mass is 16.7. The van der Waals surface area contributed by atoms with Crippen molar-refractivity contribution in [2.45, 2.75) is 32.6 Å². The summed E-state index contributed by atoms with van der Waals surface area (Å²) in [6.07, 6.45) is 0.191. The number of nitrogens with zero attached hydrogens (tertiary/aromatic N) is 1. The van der Waals surface area contributed by atoms with Gasteiger partial charge in [-0.15, -0.1) is 5.06 Å². The molecule has 1 saturated heterocycles. The van der Waals surface area contributed by atoms with E-state index in [0.29, 0.717) is 16.5 Å². The zero-order chi connectivity index (χ0) is 14.0. The molecule has 19 heavy (non-hydrogen) atoms. The molecule has 1 fully saturated rings. The highest BCUT2D eigenvalue weighted by Gasteiger charge is 2.33. The minimum atomic E-state index is -0.695. The van der Waals surface area contributed by atoms with Crippen molar-refractivity contribution >= 4 is 17.8 Å². The number of hydroxylamine groups is 2. The van der Waals surface area contributed by atoms with Gasteiger partial charge in [-0.3, -0.25) is 9.59 Å². The Balaban J connectivity index is 2.07. The maximum atomic E-state index is 11.8. The third kappa shape index (κ3) is 2.81. The normalized spacial score (nSPS) is 15.2. The number of amides is 2. The molecule has 100 valence electrons. The molecular formula is C14H15NO4. The first-order valence-corrected chi connectivity index (χ1v) is 6.17. The monoisotopic (exact) mass is 261 g/mol. The Labute approximate surface area is 111 Å². The molecule has 0 N–H and O–H groups in total. The second kappa shape index (κ2) is 5.22. The van der Waals surface area contributed by atoms with Crippen molar-refractivity contribution < 1.29 is 19.2 Å². The lowest BCUT2D eigenvalue weighted by Crippen LogP contribution is -2.32. The fourth-order valence-electron chi connectivity index (χ4n) is 1.80. The molecule has 0 spiro atoms. The van der Waals surface area contributed by atoms with E-state index in [1.807, 2.05) is 12.1 Å². The second-order valence-electron chi connectivity index (χ2n) is 4.74. The Hall–Kier alpha value is -2.17. The van der Waals surface area contributed by atoms with Crippen molar-refractivity contribution in [2.75, 3.05) is 0 Å². The van der Waals surface area contributed by atoms with Crippen LogP contribution in [0.2, 0.25) is 0 Å². The number of carbonyl (C=O) groups excluding carboxylic acids is 3. The molecule has 1 aliphatic heterocycles. The van der Waals surface area contributed by atoms with Gasteiger partial charge >= 0.3 is 5.97 Å². The van der Waals surface area contributed by atoms with Gasteiger partial charge in [0.2, 0.25) is 0 Å². The third-order valence-electron chi connectivity index (χ3n) is 2.99. The van der Waals surface area contributed by atoms with Crippen LogP contribution in [0, 0.1) is 0 Å². The van der Waals surface area contributed by atoms with E-state index in [2.05, 4.69) is 13.8 Å². The number of hydrogen-bond donors (Lipinski definition) is 0. The van der Waals surface area contributed by atoms with E-state index in [1.54, 1.807) is 12.1 Å². The van der Waals surface area contributed by atoms with Gasteiger partial charge in [-0.2, -0.15) is 0 Å². The Bertz CT molecular complexity index is 503. The van der Waals surface area contributed by atoms with Crippen LogP contribution in [0.4, 0.5) is 0 Å². The number of imide groups is 1. The van der Waals surface area contributed by atoms with Crippen LogP contribution in [0.3, 0.4) is 0 Å². The predicted molar refractivity (Wildman–Crippen MR) is 67.0 cm³/mol. The van der Waals surface area contributed by atoms with Gasteiger partial charge in [0, 0.05) is 12.8 Å². The Morgan fingerprint density at radius 3 is 2.11 bits per heavy atom. The lowest BCUT2D eigenvalue weighted by molar-refractivity contribution is -0.172. The zero-order valence-corrected chi connectivity index (χ0v) is 10.9. The van der Waals surface area contributed by atoms with Crippen LogP contribution in [0.15, 0.2) is 24.3 Å². The van der Waals surface area contributed by atoms with E-state index in [1.165, 1.54) is 0 Å². The van der Waals surface area contributed by atoms with Crippen LogP contribution in [-0.4, -0.2) is 22.8 Å². The molecule has 0 unspecified atom stereocenters. The van der Waals surface area contributed by atoms with Crippen LogP contribution in [-0.2, 0) is 14.4 Å². The highest BCUT2D eigenvalue weighted by Crippen LogP contribution is 2.17. The average molecular weight is 261 g/mol.